The first-order valence-corrected chi connectivity index (χ1v) is 11.8. The number of hydrogen-bond acceptors (Lipinski definition) is 7. The molecule has 0 aliphatic carbocycles. The third kappa shape index (κ3) is 5.11. The Hall–Kier alpha value is -3.29. The molecule has 0 saturated carbocycles. The normalized spacial score (nSPS) is 14.6. The molecule has 0 bridgehead atoms. The summed E-state index contributed by atoms with van der Waals surface area (Å²) in [7, 11) is 0. The Morgan fingerprint density at radius 3 is 2.56 bits per heavy atom. The van der Waals surface area contributed by atoms with Crippen LogP contribution in [0.1, 0.15) is 53.2 Å². The molecule has 1 aliphatic heterocycles. The highest BCUT2D eigenvalue weighted by atomic mass is 32.2. The van der Waals surface area contributed by atoms with Gasteiger partial charge in [-0.25, -0.2) is 4.39 Å². The van der Waals surface area contributed by atoms with Crippen molar-refractivity contribution in [1.29, 1.82) is 5.26 Å². The molecule has 0 spiro atoms. The molecular weight excluding hydrogens is 477 g/mol. The lowest BCUT2D eigenvalue weighted by Gasteiger charge is -2.17. The van der Waals surface area contributed by atoms with Gasteiger partial charge in [0.1, 0.15) is 21.8 Å². The molecule has 1 saturated heterocycles. The van der Waals surface area contributed by atoms with Gasteiger partial charge in [-0.15, -0.1) is 0 Å². The number of pyridine rings is 1. The second kappa shape index (κ2) is 10.8. The van der Waals surface area contributed by atoms with Gasteiger partial charge in [0.2, 0.25) is 5.88 Å². The van der Waals surface area contributed by atoms with E-state index in [1.54, 1.807) is 6.08 Å². The number of carbonyl (C=O) groups is 2. The Morgan fingerprint density at radius 2 is 1.94 bits per heavy atom. The standard InChI is InChI=1S/C24H22FN3O4S2/c1-3-4-10-27-21(30)17(13-26)14(2)20(23(27)32)18(29)9-11-28-22(31)19(34-24(28)33)12-15-5-7-16(25)8-6-15/h5-8,12,32H,3-4,9-11H2,1-2H3/b19-12-. The number of amides is 1. The van der Waals surface area contributed by atoms with Crippen LogP contribution in [0.5, 0.6) is 5.88 Å². The largest absolute Gasteiger partial charge is 0.494 e. The van der Waals surface area contributed by atoms with Crippen LogP contribution in [0.3, 0.4) is 0 Å². The fourth-order valence-corrected chi connectivity index (χ4v) is 4.86. The smallest absolute Gasteiger partial charge is 0.271 e. The van der Waals surface area contributed by atoms with Crippen molar-refractivity contribution in [2.75, 3.05) is 6.54 Å². The van der Waals surface area contributed by atoms with Crippen molar-refractivity contribution >= 4 is 46.1 Å². The van der Waals surface area contributed by atoms with E-state index in [2.05, 4.69) is 0 Å². The summed E-state index contributed by atoms with van der Waals surface area (Å²) in [6.45, 7) is 3.51. The van der Waals surface area contributed by atoms with Crippen LogP contribution in [-0.4, -0.2) is 37.1 Å². The fraction of sp³-hybridized carbons (Fsp3) is 0.292. The second-order valence-corrected chi connectivity index (χ2v) is 9.35. The van der Waals surface area contributed by atoms with Gasteiger partial charge in [0.25, 0.3) is 11.5 Å². The molecule has 0 unspecified atom stereocenters. The molecule has 10 heteroatoms. The lowest BCUT2D eigenvalue weighted by molar-refractivity contribution is -0.122. The number of carbonyl (C=O) groups excluding carboxylic acids is 2. The Labute approximate surface area is 205 Å². The van der Waals surface area contributed by atoms with Gasteiger partial charge >= 0.3 is 0 Å². The van der Waals surface area contributed by atoms with E-state index in [9.17, 15) is 29.1 Å². The first-order chi connectivity index (χ1) is 16.2. The van der Waals surface area contributed by atoms with Crippen LogP contribution in [0, 0.1) is 24.1 Å². The fourth-order valence-electron chi connectivity index (χ4n) is 3.55. The molecule has 1 fully saturated rings. The zero-order chi connectivity index (χ0) is 25.0. The van der Waals surface area contributed by atoms with Crippen molar-refractivity contribution in [3.05, 3.63) is 67.6 Å². The van der Waals surface area contributed by atoms with Crippen LogP contribution in [0.25, 0.3) is 6.08 Å². The summed E-state index contributed by atoms with van der Waals surface area (Å²) in [5, 5.41) is 20.1. The van der Waals surface area contributed by atoms with Crippen LogP contribution in [0.15, 0.2) is 34.0 Å². The van der Waals surface area contributed by atoms with Gasteiger partial charge in [0.05, 0.1) is 10.5 Å². The van der Waals surface area contributed by atoms with E-state index in [1.165, 1.54) is 36.1 Å². The van der Waals surface area contributed by atoms with Crippen LogP contribution in [0.2, 0.25) is 0 Å². The lowest BCUT2D eigenvalue weighted by atomic mass is 9.99. The molecule has 1 N–H and O–H groups in total. The molecule has 176 valence electrons. The van der Waals surface area contributed by atoms with Gasteiger partial charge in [-0.1, -0.05) is 49.5 Å². The van der Waals surface area contributed by atoms with Crippen molar-refractivity contribution in [1.82, 2.24) is 9.47 Å². The van der Waals surface area contributed by atoms with Gasteiger partial charge in [-0.05, 0) is 42.7 Å². The minimum Gasteiger partial charge on any atom is -0.494 e. The molecule has 1 aromatic carbocycles. The summed E-state index contributed by atoms with van der Waals surface area (Å²) < 4.78 is 14.4. The first-order valence-electron chi connectivity index (χ1n) is 10.6. The second-order valence-electron chi connectivity index (χ2n) is 7.68. The maximum atomic E-state index is 13.1. The number of thioether (sulfide) groups is 1. The number of unbranched alkanes of at least 4 members (excludes halogenated alkanes) is 1. The number of hydrogen-bond donors (Lipinski definition) is 1. The summed E-state index contributed by atoms with van der Waals surface area (Å²) in [5.74, 6) is -1.74. The number of halogens is 1. The third-order valence-corrected chi connectivity index (χ3v) is 6.80. The van der Waals surface area contributed by atoms with E-state index in [1.807, 2.05) is 13.0 Å². The minimum atomic E-state index is -0.634. The molecule has 1 amide bonds. The van der Waals surface area contributed by atoms with Gasteiger partial charge in [-0.3, -0.25) is 23.9 Å². The minimum absolute atomic E-state index is 0.0287. The molecule has 2 heterocycles. The summed E-state index contributed by atoms with van der Waals surface area (Å²) in [6, 6.07) is 7.48. The Balaban J connectivity index is 1.82. The quantitative estimate of drug-likeness (QED) is 0.331. The number of rotatable bonds is 8. The molecule has 2 aromatic rings. The number of nitriles is 1. The zero-order valence-electron chi connectivity index (χ0n) is 18.6. The molecule has 1 aliphatic rings. The molecule has 3 rings (SSSR count). The maximum Gasteiger partial charge on any atom is 0.271 e. The SMILES string of the molecule is CCCCn1c(O)c(C(=O)CCN2C(=O)/C(=C/c3ccc(F)cc3)SC2=S)c(C)c(C#N)c1=O. The van der Waals surface area contributed by atoms with Gasteiger partial charge in [0.15, 0.2) is 5.78 Å². The molecule has 7 nitrogen and oxygen atoms in total. The highest BCUT2D eigenvalue weighted by molar-refractivity contribution is 8.26. The van der Waals surface area contributed by atoms with Crippen LogP contribution in [0.4, 0.5) is 4.39 Å². The van der Waals surface area contributed by atoms with Crippen LogP contribution < -0.4 is 5.56 Å². The van der Waals surface area contributed by atoms with E-state index in [0.717, 1.165) is 22.7 Å². The number of aromatic nitrogens is 1. The predicted octanol–water partition coefficient (Wildman–Crippen LogP) is 4.15. The molecule has 1 aromatic heterocycles. The Kier molecular flexibility index (Phi) is 8.02. The Bertz CT molecular complexity index is 1290. The molecule has 0 radical (unpaired) electrons. The topological polar surface area (TPSA) is 103 Å². The van der Waals surface area contributed by atoms with Crippen molar-refractivity contribution in [3.63, 3.8) is 0 Å². The predicted molar refractivity (Wildman–Crippen MR) is 132 cm³/mol. The molecular formula is C24H22FN3O4S2. The molecule has 0 atom stereocenters. The van der Waals surface area contributed by atoms with Gasteiger partial charge in [0, 0.05) is 19.5 Å². The lowest BCUT2D eigenvalue weighted by Crippen LogP contribution is -2.31. The molecule has 34 heavy (non-hydrogen) atoms. The van der Waals surface area contributed by atoms with E-state index in [0.29, 0.717) is 16.9 Å². The van der Waals surface area contributed by atoms with Crippen LogP contribution >= 0.6 is 24.0 Å². The third-order valence-electron chi connectivity index (χ3n) is 5.42. The zero-order valence-corrected chi connectivity index (χ0v) is 20.3. The number of nitrogens with zero attached hydrogens (tertiary/aromatic N) is 3. The number of ketones is 1. The van der Waals surface area contributed by atoms with E-state index < -0.39 is 17.2 Å². The number of thiocarbonyl (C=S) groups is 1. The van der Waals surface area contributed by atoms with Gasteiger partial charge in [-0.2, -0.15) is 5.26 Å². The van der Waals surface area contributed by atoms with Crippen molar-refractivity contribution in [2.45, 2.75) is 39.7 Å². The van der Waals surface area contributed by atoms with E-state index in [-0.39, 0.29) is 52.2 Å². The number of benzene rings is 1. The average Bonchev–Trinajstić information content (AvgIpc) is 3.06. The number of aromatic hydroxyl groups is 1. The van der Waals surface area contributed by atoms with Crippen molar-refractivity contribution in [3.8, 4) is 11.9 Å². The van der Waals surface area contributed by atoms with Crippen LogP contribution in [-0.2, 0) is 11.3 Å². The first kappa shape index (κ1) is 25.3. The average molecular weight is 500 g/mol. The van der Waals surface area contributed by atoms with E-state index >= 15 is 0 Å². The summed E-state index contributed by atoms with van der Waals surface area (Å²) in [5.41, 5.74) is -0.170. The van der Waals surface area contributed by atoms with Gasteiger partial charge < -0.3 is 5.11 Å². The van der Waals surface area contributed by atoms with Crippen molar-refractivity contribution < 1.29 is 19.1 Å². The Morgan fingerprint density at radius 1 is 1.26 bits per heavy atom. The highest BCUT2D eigenvalue weighted by Crippen LogP contribution is 2.33. The monoisotopic (exact) mass is 499 g/mol. The summed E-state index contributed by atoms with van der Waals surface area (Å²) in [4.78, 5) is 40.0. The van der Waals surface area contributed by atoms with Crippen molar-refractivity contribution in [2.24, 2.45) is 0 Å². The summed E-state index contributed by atoms with van der Waals surface area (Å²) >= 11 is 6.38. The number of Topliss-reactive ketones (excluding diaryl/α,β-unsaturated/α-hetero) is 1. The highest BCUT2D eigenvalue weighted by Gasteiger charge is 2.33. The summed E-state index contributed by atoms with van der Waals surface area (Å²) in [6.07, 6.45) is 2.78. The maximum absolute atomic E-state index is 13.1. The van der Waals surface area contributed by atoms with E-state index in [4.69, 9.17) is 12.2 Å².